The second-order valence-corrected chi connectivity index (χ2v) is 3.61. The maximum absolute atomic E-state index is 12.9. The van der Waals surface area contributed by atoms with Crippen molar-refractivity contribution in [3.8, 4) is 0 Å². The van der Waals surface area contributed by atoms with E-state index >= 15 is 0 Å². The molecule has 0 aliphatic carbocycles. The van der Waals surface area contributed by atoms with E-state index in [9.17, 15) is 9.18 Å². The molecule has 1 rings (SSSR count). The fraction of sp³-hybridized carbons (Fsp3) is 0.417. The maximum Gasteiger partial charge on any atom is 0.225 e. The summed E-state index contributed by atoms with van der Waals surface area (Å²) in [6.07, 6.45) is 0.393. The number of hydrogen-bond donors (Lipinski definition) is 2. The third kappa shape index (κ3) is 3.98. The zero-order valence-electron chi connectivity index (χ0n) is 9.64. The maximum atomic E-state index is 12.9. The summed E-state index contributed by atoms with van der Waals surface area (Å²) in [5, 5.41) is 5.75. The molecule has 0 heterocycles. The quantitative estimate of drug-likeness (QED) is 0.752. The smallest absolute Gasteiger partial charge is 0.225 e. The molecular formula is C12H17FN2O. The van der Waals surface area contributed by atoms with E-state index in [-0.39, 0.29) is 11.7 Å². The van der Waals surface area contributed by atoms with Crippen molar-refractivity contribution in [2.75, 3.05) is 18.4 Å². The van der Waals surface area contributed by atoms with Crippen molar-refractivity contribution in [1.29, 1.82) is 0 Å². The Balaban J connectivity index is 2.52. The molecule has 2 N–H and O–H groups in total. The molecule has 88 valence electrons. The van der Waals surface area contributed by atoms with Crippen molar-refractivity contribution in [2.24, 2.45) is 0 Å². The van der Waals surface area contributed by atoms with E-state index in [4.69, 9.17) is 0 Å². The zero-order valence-corrected chi connectivity index (χ0v) is 9.64. The fourth-order valence-electron chi connectivity index (χ4n) is 1.32. The Bertz CT molecular complexity index is 366. The van der Waals surface area contributed by atoms with Crippen LogP contribution in [0.25, 0.3) is 0 Å². The summed E-state index contributed by atoms with van der Waals surface area (Å²) in [5.74, 6) is -0.442. The lowest BCUT2D eigenvalue weighted by atomic mass is 10.2. The van der Waals surface area contributed by atoms with Crippen LogP contribution < -0.4 is 10.6 Å². The molecule has 0 fully saturated rings. The summed E-state index contributed by atoms with van der Waals surface area (Å²) >= 11 is 0. The van der Waals surface area contributed by atoms with E-state index in [1.165, 1.54) is 12.1 Å². The van der Waals surface area contributed by atoms with E-state index in [0.717, 1.165) is 12.1 Å². The van der Waals surface area contributed by atoms with Gasteiger partial charge in [-0.3, -0.25) is 4.79 Å². The number of amides is 1. The number of rotatable bonds is 5. The Morgan fingerprint density at radius 1 is 1.44 bits per heavy atom. The Morgan fingerprint density at radius 3 is 2.88 bits per heavy atom. The molecule has 0 atom stereocenters. The average Bonchev–Trinajstić information content (AvgIpc) is 2.24. The predicted octanol–water partition coefficient (Wildman–Crippen LogP) is 2.07. The fourth-order valence-corrected chi connectivity index (χ4v) is 1.32. The van der Waals surface area contributed by atoms with Gasteiger partial charge in [0, 0.05) is 18.7 Å². The lowest BCUT2D eigenvalue weighted by molar-refractivity contribution is -0.116. The SMILES string of the molecule is CCNCCC(=O)Nc1cc(F)ccc1C. The first kappa shape index (κ1) is 12.6. The van der Waals surface area contributed by atoms with Gasteiger partial charge < -0.3 is 10.6 Å². The summed E-state index contributed by atoms with van der Waals surface area (Å²) in [4.78, 5) is 11.5. The van der Waals surface area contributed by atoms with Crippen molar-refractivity contribution < 1.29 is 9.18 Å². The normalized spacial score (nSPS) is 10.2. The lowest BCUT2D eigenvalue weighted by Crippen LogP contribution is -2.21. The first-order chi connectivity index (χ1) is 7.63. The van der Waals surface area contributed by atoms with Crippen LogP contribution in [0.1, 0.15) is 18.9 Å². The van der Waals surface area contributed by atoms with Gasteiger partial charge in [-0.1, -0.05) is 13.0 Å². The highest BCUT2D eigenvalue weighted by Gasteiger charge is 2.05. The average molecular weight is 224 g/mol. The number of hydrogen-bond acceptors (Lipinski definition) is 2. The van der Waals surface area contributed by atoms with Crippen LogP contribution in [0.3, 0.4) is 0 Å². The Kier molecular flexibility index (Phi) is 4.92. The van der Waals surface area contributed by atoms with Crippen LogP contribution >= 0.6 is 0 Å². The van der Waals surface area contributed by atoms with Crippen LogP contribution in [-0.4, -0.2) is 19.0 Å². The molecule has 0 bridgehead atoms. The number of benzene rings is 1. The highest BCUT2D eigenvalue weighted by Crippen LogP contribution is 2.15. The second kappa shape index (κ2) is 6.23. The van der Waals surface area contributed by atoms with Gasteiger partial charge in [0.25, 0.3) is 0 Å². The van der Waals surface area contributed by atoms with Gasteiger partial charge in [0.2, 0.25) is 5.91 Å². The molecule has 4 heteroatoms. The molecule has 0 radical (unpaired) electrons. The van der Waals surface area contributed by atoms with Crippen molar-refractivity contribution in [2.45, 2.75) is 20.3 Å². The van der Waals surface area contributed by atoms with E-state index in [1.807, 2.05) is 13.8 Å². The van der Waals surface area contributed by atoms with E-state index in [2.05, 4.69) is 10.6 Å². The van der Waals surface area contributed by atoms with E-state index in [1.54, 1.807) is 6.07 Å². The molecule has 0 aliphatic rings. The van der Waals surface area contributed by atoms with E-state index in [0.29, 0.717) is 18.7 Å². The van der Waals surface area contributed by atoms with Crippen LogP contribution in [-0.2, 0) is 4.79 Å². The number of halogens is 1. The zero-order chi connectivity index (χ0) is 12.0. The number of aryl methyl sites for hydroxylation is 1. The molecule has 0 saturated carbocycles. The third-order valence-electron chi connectivity index (χ3n) is 2.25. The third-order valence-corrected chi connectivity index (χ3v) is 2.25. The van der Waals surface area contributed by atoms with Gasteiger partial charge >= 0.3 is 0 Å². The van der Waals surface area contributed by atoms with Gasteiger partial charge in [0.05, 0.1) is 0 Å². The lowest BCUT2D eigenvalue weighted by Gasteiger charge is -2.08. The van der Waals surface area contributed by atoms with E-state index < -0.39 is 0 Å². The van der Waals surface area contributed by atoms with Crippen LogP contribution in [0.2, 0.25) is 0 Å². The predicted molar refractivity (Wildman–Crippen MR) is 62.9 cm³/mol. The molecule has 0 spiro atoms. The minimum Gasteiger partial charge on any atom is -0.326 e. The van der Waals surface area contributed by atoms with Gasteiger partial charge in [-0.2, -0.15) is 0 Å². The summed E-state index contributed by atoms with van der Waals surface area (Å²) in [7, 11) is 0. The van der Waals surface area contributed by atoms with Crippen LogP contribution in [0, 0.1) is 12.7 Å². The Morgan fingerprint density at radius 2 is 2.19 bits per heavy atom. The van der Waals surface area contributed by atoms with Gasteiger partial charge in [0.1, 0.15) is 5.82 Å². The Hall–Kier alpha value is -1.42. The summed E-state index contributed by atoms with van der Waals surface area (Å²) in [5.41, 5.74) is 1.40. The first-order valence-electron chi connectivity index (χ1n) is 5.40. The van der Waals surface area contributed by atoms with Crippen LogP contribution in [0.4, 0.5) is 10.1 Å². The largest absolute Gasteiger partial charge is 0.326 e. The molecule has 0 aliphatic heterocycles. The van der Waals surface area contributed by atoms with Crippen molar-refractivity contribution in [3.05, 3.63) is 29.6 Å². The first-order valence-corrected chi connectivity index (χ1v) is 5.40. The molecule has 1 aromatic rings. The molecule has 1 amide bonds. The molecule has 1 aromatic carbocycles. The summed E-state index contributed by atoms with van der Waals surface area (Å²) in [6.45, 7) is 5.29. The highest BCUT2D eigenvalue weighted by atomic mass is 19.1. The molecular weight excluding hydrogens is 207 g/mol. The molecule has 3 nitrogen and oxygen atoms in total. The molecule has 16 heavy (non-hydrogen) atoms. The van der Waals surface area contributed by atoms with Crippen molar-refractivity contribution >= 4 is 11.6 Å². The number of carbonyl (C=O) groups is 1. The molecule has 0 aromatic heterocycles. The van der Waals surface area contributed by atoms with Crippen LogP contribution in [0.15, 0.2) is 18.2 Å². The van der Waals surface area contributed by atoms with Gasteiger partial charge in [-0.15, -0.1) is 0 Å². The topological polar surface area (TPSA) is 41.1 Å². The number of carbonyl (C=O) groups excluding carboxylic acids is 1. The van der Waals surface area contributed by atoms with Crippen molar-refractivity contribution in [3.63, 3.8) is 0 Å². The van der Waals surface area contributed by atoms with Crippen molar-refractivity contribution in [1.82, 2.24) is 5.32 Å². The minimum atomic E-state index is -0.340. The summed E-state index contributed by atoms with van der Waals surface area (Å²) < 4.78 is 12.9. The molecule has 0 saturated heterocycles. The van der Waals surface area contributed by atoms with Gasteiger partial charge in [-0.05, 0) is 31.2 Å². The monoisotopic (exact) mass is 224 g/mol. The number of nitrogens with one attached hydrogen (secondary N) is 2. The standard InChI is InChI=1S/C12H17FN2O/c1-3-14-7-6-12(16)15-11-8-10(13)5-4-9(11)2/h4-5,8,14H,3,6-7H2,1-2H3,(H,15,16). The minimum absolute atomic E-state index is 0.102. The number of anilines is 1. The van der Waals surface area contributed by atoms with Gasteiger partial charge in [-0.25, -0.2) is 4.39 Å². The van der Waals surface area contributed by atoms with Gasteiger partial charge in [0.15, 0.2) is 0 Å². The second-order valence-electron chi connectivity index (χ2n) is 3.61. The highest BCUT2D eigenvalue weighted by molar-refractivity contribution is 5.91. The van der Waals surface area contributed by atoms with Crippen LogP contribution in [0.5, 0.6) is 0 Å². The summed E-state index contributed by atoms with van der Waals surface area (Å²) in [6, 6.07) is 4.36. The Labute approximate surface area is 95.0 Å². The molecule has 0 unspecified atom stereocenters.